The molecule has 0 N–H and O–H groups in total. The molecule has 0 radical (unpaired) electrons. The fourth-order valence-corrected chi connectivity index (χ4v) is 8.31. The maximum absolute atomic E-state index is 2.49. The van der Waals surface area contributed by atoms with Crippen LogP contribution in [0.4, 0.5) is 17.1 Å². The number of anilines is 3. The summed E-state index contributed by atoms with van der Waals surface area (Å²) >= 11 is 0. The van der Waals surface area contributed by atoms with E-state index in [-0.39, 0.29) is 0 Å². The Kier molecular flexibility index (Phi) is 10.8. The van der Waals surface area contributed by atoms with Gasteiger partial charge in [0.05, 0.1) is 0 Å². The number of hydrogen-bond donors (Lipinski definition) is 0. The summed E-state index contributed by atoms with van der Waals surface area (Å²) in [6.07, 6.45) is 16.0. The predicted molar refractivity (Wildman–Crippen MR) is 240 cm³/mol. The third-order valence-electron chi connectivity index (χ3n) is 11.9. The first-order valence-corrected chi connectivity index (χ1v) is 20.5. The zero-order chi connectivity index (χ0) is 37.7. The largest absolute Gasteiger partial charge is 0.310 e. The van der Waals surface area contributed by atoms with Crippen LogP contribution in [0.25, 0.3) is 39.8 Å². The Balaban J connectivity index is 1.00. The average Bonchev–Trinajstić information content (AvgIpc) is 3.46. The van der Waals surface area contributed by atoms with Crippen LogP contribution in [-0.4, -0.2) is 0 Å². The second kappa shape index (κ2) is 16.4. The number of fused-ring (bicyclic) bond motifs is 3. The van der Waals surface area contributed by atoms with Crippen LogP contribution in [0.3, 0.4) is 0 Å². The summed E-state index contributed by atoms with van der Waals surface area (Å²) in [7, 11) is 0. The molecule has 8 rings (SSSR count). The van der Waals surface area contributed by atoms with Crippen molar-refractivity contribution in [2.24, 2.45) is 0 Å². The van der Waals surface area contributed by atoms with E-state index in [0.29, 0.717) is 0 Å². The Morgan fingerprint density at radius 2 is 1.02 bits per heavy atom. The molecule has 274 valence electrons. The standard InChI is InChI=1S/C54H53N/c1-5-39-9-8-10-46-26-25-45(38(4)54(46)35-39)22-19-43-14-11-42(12-15-43)13-16-44-20-29-51(30-21-44)55(52-31-27-47-33-40(6-2)17-23-49(47)36-52)53-32-28-48-34-41(7-3)18-24-50(48)37-53/h11-18,20-21,23-37H,5-10,19,22H2,1-4H3/b16-13+. The molecule has 0 aromatic heterocycles. The van der Waals surface area contributed by atoms with Crippen LogP contribution in [0, 0.1) is 6.92 Å². The highest BCUT2D eigenvalue weighted by atomic mass is 15.1. The van der Waals surface area contributed by atoms with E-state index < -0.39 is 0 Å². The zero-order valence-electron chi connectivity index (χ0n) is 33.0. The van der Waals surface area contributed by atoms with Gasteiger partial charge in [-0.2, -0.15) is 0 Å². The number of rotatable bonds is 11. The lowest BCUT2D eigenvalue weighted by molar-refractivity contribution is 0.799. The molecule has 7 aromatic carbocycles. The molecule has 0 amide bonds. The van der Waals surface area contributed by atoms with Crippen molar-refractivity contribution < 1.29 is 0 Å². The molecular weight excluding hydrogens is 663 g/mol. The molecule has 0 unspecified atom stereocenters. The molecule has 7 aromatic rings. The van der Waals surface area contributed by atoms with Crippen LogP contribution in [0.2, 0.25) is 0 Å². The van der Waals surface area contributed by atoms with Crippen molar-refractivity contribution in [3.63, 3.8) is 0 Å². The summed E-state index contributed by atoms with van der Waals surface area (Å²) in [6, 6.07) is 50.2. The van der Waals surface area contributed by atoms with Crippen molar-refractivity contribution in [1.29, 1.82) is 0 Å². The van der Waals surface area contributed by atoms with Gasteiger partial charge in [0.1, 0.15) is 0 Å². The van der Waals surface area contributed by atoms with Gasteiger partial charge in [0.2, 0.25) is 0 Å². The molecular formula is C54H53N. The van der Waals surface area contributed by atoms with Crippen molar-refractivity contribution in [3.05, 3.63) is 189 Å². The number of hydrogen-bond acceptors (Lipinski definition) is 1. The van der Waals surface area contributed by atoms with Gasteiger partial charge in [-0.15, -0.1) is 0 Å². The van der Waals surface area contributed by atoms with E-state index >= 15 is 0 Å². The molecule has 0 saturated carbocycles. The van der Waals surface area contributed by atoms with Crippen molar-refractivity contribution in [3.8, 4) is 0 Å². The zero-order valence-corrected chi connectivity index (χ0v) is 33.0. The van der Waals surface area contributed by atoms with E-state index in [1.54, 1.807) is 5.57 Å². The van der Waals surface area contributed by atoms with E-state index in [9.17, 15) is 0 Å². The minimum atomic E-state index is 1.04. The fourth-order valence-electron chi connectivity index (χ4n) is 8.31. The quantitative estimate of drug-likeness (QED) is 0.121. The molecule has 0 spiro atoms. The van der Waals surface area contributed by atoms with Gasteiger partial charge in [-0.05, 0) is 166 Å². The number of benzene rings is 7. The van der Waals surface area contributed by atoms with Crippen molar-refractivity contribution in [2.75, 3.05) is 4.90 Å². The molecule has 0 heterocycles. The SMILES string of the molecule is CCC1=Cc2c(ccc(CCc3ccc(/C=C/c4ccc(N(c5ccc6cc(CC)ccc6c5)c5ccc6cc(CC)ccc6c5)cc4)cc3)c2C)CCC1. The first-order valence-electron chi connectivity index (χ1n) is 20.5. The van der Waals surface area contributed by atoms with Crippen LogP contribution in [-0.2, 0) is 32.1 Å². The van der Waals surface area contributed by atoms with Gasteiger partial charge >= 0.3 is 0 Å². The van der Waals surface area contributed by atoms with E-state index in [4.69, 9.17) is 0 Å². The summed E-state index contributed by atoms with van der Waals surface area (Å²) in [4.78, 5) is 2.39. The smallest absolute Gasteiger partial charge is 0.0468 e. The molecule has 0 bridgehead atoms. The van der Waals surface area contributed by atoms with Crippen molar-refractivity contribution in [2.45, 2.75) is 79.1 Å². The van der Waals surface area contributed by atoms with E-state index in [1.165, 1.54) is 90.9 Å². The Morgan fingerprint density at radius 3 is 1.60 bits per heavy atom. The Labute approximate surface area is 328 Å². The second-order valence-electron chi connectivity index (χ2n) is 15.4. The summed E-state index contributed by atoms with van der Waals surface area (Å²) in [5, 5.41) is 5.08. The number of aryl methyl sites for hydroxylation is 5. The van der Waals surface area contributed by atoms with E-state index in [2.05, 4.69) is 184 Å². The fraction of sp³-hybridized carbons (Fsp3) is 0.222. The average molecular weight is 716 g/mol. The summed E-state index contributed by atoms with van der Waals surface area (Å²) < 4.78 is 0. The van der Waals surface area contributed by atoms with Crippen LogP contribution in [0.1, 0.15) is 90.1 Å². The topological polar surface area (TPSA) is 3.24 Å². The van der Waals surface area contributed by atoms with Crippen molar-refractivity contribution in [1.82, 2.24) is 0 Å². The van der Waals surface area contributed by atoms with Gasteiger partial charge in [-0.1, -0.05) is 142 Å². The van der Waals surface area contributed by atoms with Gasteiger partial charge in [0.15, 0.2) is 0 Å². The lowest BCUT2D eigenvalue weighted by Gasteiger charge is -2.26. The molecule has 0 atom stereocenters. The predicted octanol–water partition coefficient (Wildman–Crippen LogP) is 15.0. The third kappa shape index (κ3) is 8.08. The summed E-state index contributed by atoms with van der Waals surface area (Å²) in [5.41, 5.74) is 17.6. The van der Waals surface area contributed by atoms with Gasteiger partial charge in [0.25, 0.3) is 0 Å². The first kappa shape index (κ1) is 36.3. The highest BCUT2D eigenvalue weighted by molar-refractivity contribution is 5.93. The first-order chi connectivity index (χ1) is 27.0. The van der Waals surface area contributed by atoms with Crippen LogP contribution in [0.5, 0.6) is 0 Å². The van der Waals surface area contributed by atoms with Gasteiger partial charge in [-0.3, -0.25) is 0 Å². The minimum Gasteiger partial charge on any atom is -0.310 e. The Bertz CT molecular complexity index is 2420. The van der Waals surface area contributed by atoms with Crippen LogP contribution >= 0.6 is 0 Å². The Hall–Kier alpha value is -5.66. The monoisotopic (exact) mass is 715 g/mol. The maximum atomic E-state index is 2.49. The molecule has 55 heavy (non-hydrogen) atoms. The molecule has 1 aliphatic rings. The van der Waals surface area contributed by atoms with Crippen LogP contribution in [0.15, 0.2) is 139 Å². The molecule has 0 aliphatic heterocycles. The highest BCUT2D eigenvalue weighted by Gasteiger charge is 2.15. The van der Waals surface area contributed by atoms with Gasteiger partial charge < -0.3 is 4.90 Å². The van der Waals surface area contributed by atoms with Crippen LogP contribution < -0.4 is 4.90 Å². The second-order valence-corrected chi connectivity index (χ2v) is 15.4. The summed E-state index contributed by atoms with van der Waals surface area (Å²) in [5.74, 6) is 0. The molecule has 0 fully saturated rings. The molecule has 0 saturated heterocycles. The maximum Gasteiger partial charge on any atom is 0.0468 e. The van der Waals surface area contributed by atoms with E-state index in [0.717, 1.165) is 49.2 Å². The van der Waals surface area contributed by atoms with Crippen molar-refractivity contribution >= 4 is 56.8 Å². The van der Waals surface area contributed by atoms with E-state index in [1.807, 2.05) is 0 Å². The van der Waals surface area contributed by atoms with Gasteiger partial charge in [0, 0.05) is 17.1 Å². The Morgan fingerprint density at radius 1 is 0.491 bits per heavy atom. The molecule has 1 aliphatic carbocycles. The lowest BCUT2D eigenvalue weighted by atomic mass is 9.92. The number of nitrogens with zero attached hydrogens (tertiary/aromatic N) is 1. The molecule has 1 nitrogen and oxygen atoms in total. The van der Waals surface area contributed by atoms with Gasteiger partial charge in [-0.25, -0.2) is 0 Å². The molecule has 1 heteroatoms. The minimum absolute atomic E-state index is 1.04. The normalized spacial score (nSPS) is 12.9. The lowest BCUT2D eigenvalue weighted by Crippen LogP contribution is -2.10. The third-order valence-corrected chi connectivity index (χ3v) is 11.9. The highest BCUT2D eigenvalue weighted by Crippen LogP contribution is 2.38. The number of allylic oxidation sites excluding steroid dienone is 1. The summed E-state index contributed by atoms with van der Waals surface area (Å²) in [6.45, 7) is 9.06.